The van der Waals surface area contributed by atoms with Crippen molar-refractivity contribution in [2.24, 2.45) is 5.92 Å². The van der Waals surface area contributed by atoms with Crippen molar-refractivity contribution in [3.8, 4) is 0 Å². The number of benzene rings is 2. The third kappa shape index (κ3) is 3.36. The van der Waals surface area contributed by atoms with E-state index in [1.807, 2.05) is 0 Å². The maximum atomic E-state index is 3.82. The summed E-state index contributed by atoms with van der Waals surface area (Å²) in [4.78, 5) is 0. The van der Waals surface area contributed by atoms with Crippen LogP contribution in [0.4, 0.5) is 0 Å². The zero-order chi connectivity index (χ0) is 14.8. The number of hydrogen-bond donors (Lipinski definition) is 1. The Bertz CT molecular complexity index is 588. The maximum Gasteiger partial charge on any atom is 0.0351 e. The van der Waals surface area contributed by atoms with Crippen molar-refractivity contribution in [2.75, 3.05) is 0 Å². The summed E-state index contributed by atoms with van der Waals surface area (Å²) >= 11 is 0. The highest BCUT2D eigenvalue weighted by molar-refractivity contribution is 5.37. The average molecular weight is 279 g/mol. The second-order valence-corrected chi connectivity index (χ2v) is 6.48. The van der Waals surface area contributed by atoms with Crippen LogP contribution in [0.3, 0.4) is 0 Å². The van der Waals surface area contributed by atoms with Gasteiger partial charge in [0.2, 0.25) is 0 Å². The first kappa shape index (κ1) is 14.3. The fourth-order valence-electron chi connectivity index (χ4n) is 3.35. The number of aryl methyl sites for hydroxylation is 3. The summed E-state index contributed by atoms with van der Waals surface area (Å²) in [7, 11) is 0. The third-order valence-corrected chi connectivity index (χ3v) is 4.59. The molecule has 110 valence electrons. The topological polar surface area (TPSA) is 12.0 Å². The lowest BCUT2D eigenvalue weighted by Gasteiger charge is -2.21. The molecule has 1 N–H and O–H groups in total. The molecule has 0 saturated heterocycles. The number of hydrogen-bond acceptors (Lipinski definition) is 1. The van der Waals surface area contributed by atoms with E-state index in [-0.39, 0.29) is 0 Å². The Labute approximate surface area is 128 Å². The van der Waals surface area contributed by atoms with E-state index >= 15 is 0 Å². The monoisotopic (exact) mass is 279 g/mol. The van der Waals surface area contributed by atoms with E-state index in [4.69, 9.17) is 0 Å². The maximum absolute atomic E-state index is 3.82. The van der Waals surface area contributed by atoms with Crippen LogP contribution in [0.25, 0.3) is 0 Å². The van der Waals surface area contributed by atoms with E-state index in [1.165, 1.54) is 40.7 Å². The number of rotatable bonds is 5. The summed E-state index contributed by atoms with van der Waals surface area (Å²) in [5, 5.41) is 3.82. The number of nitrogens with one attached hydrogen (secondary N) is 1. The van der Waals surface area contributed by atoms with Gasteiger partial charge < -0.3 is 5.32 Å². The molecule has 0 bridgehead atoms. The van der Waals surface area contributed by atoms with Crippen molar-refractivity contribution >= 4 is 0 Å². The van der Waals surface area contributed by atoms with Gasteiger partial charge in [0.15, 0.2) is 0 Å². The summed E-state index contributed by atoms with van der Waals surface area (Å²) in [5.74, 6) is 0.818. The summed E-state index contributed by atoms with van der Waals surface area (Å²) < 4.78 is 0. The van der Waals surface area contributed by atoms with Gasteiger partial charge in [0, 0.05) is 12.6 Å². The second kappa shape index (κ2) is 6.03. The average Bonchev–Trinajstić information content (AvgIpc) is 3.27. The first-order valence-corrected chi connectivity index (χ1v) is 8.00. The Morgan fingerprint density at radius 2 is 1.62 bits per heavy atom. The quantitative estimate of drug-likeness (QED) is 0.824. The highest BCUT2D eigenvalue weighted by Crippen LogP contribution is 2.41. The molecule has 1 aliphatic rings. The fourth-order valence-corrected chi connectivity index (χ4v) is 3.35. The van der Waals surface area contributed by atoms with Crippen LogP contribution in [0.5, 0.6) is 0 Å². The van der Waals surface area contributed by atoms with Crippen molar-refractivity contribution < 1.29 is 0 Å². The minimum absolute atomic E-state index is 0.506. The van der Waals surface area contributed by atoms with Crippen LogP contribution in [0.2, 0.25) is 0 Å². The van der Waals surface area contributed by atoms with Gasteiger partial charge >= 0.3 is 0 Å². The van der Waals surface area contributed by atoms with Gasteiger partial charge in [0.1, 0.15) is 0 Å². The molecule has 1 saturated carbocycles. The lowest BCUT2D eigenvalue weighted by atomic mass is 9.98. The Kier molecular flexibility index (Phi) is 4.12. The molecule has 1 aliphatic carbocycles. The molecule has 21 heavy (non-hydrogen) atoms. The molecule has 2 aromatic rings. The minimum Gasteiger partial charge on any atom is -0.306 e. The fraction of sp³-hybridized carbons (Fsp3) is 0.400. The van der Waals surface area contributed by atoms with E-state index < -0.39 is 0 Å². The molecule has 0 amide bonds. The SMILES string of the molecule is Cc1cc(C)c(CNC(c2ccccc2)C2CC2)c(C)c1. The normalized spacial score (nSPS) is 16.0. The highest BCUT2D eigenvalue weighted by Gasteiger charge is 2.31. The van der Waals surface area contributed by atoms with Gasteiger partial charge in [0.25, 0.3) is 0 Å². The molecule has 1 atom stereocenters. The molecule has 0 spiro atoms. The van der Waals surface area contributed by atoms with Crippen molar-refractivity contribution in [2.45, 2.75) is 46.2 Å². The van der Waals surface area contributed by atoms with Crippen LogP contribution in [0.1, 0.15) is 46.7 Å². The van der Waals surface area contributed by atoms with Crippen molar-refractivity contribution in [1.29, 1.82) is 0 Å². The molecule has 0 aromatic heterocycles. The molecule has 1 fully saturated rings. The Morgan fingerprint density at radius 3 is 2.19 bits per heavy atom. The van der Waals surface area contributed by atoms with Crippen LogP contribution >= 0.6 is 0 Å². The molecule has 3 rings (SSSR count). The second-order valence-electron chi connectivity index (χ2n) is 6.48. The molecule has 0 heterocycles. The zero-order valence-electron chi connectivity index (χ0n) is 13.3. The van der Waals surface area contributed by atoms with E-state index in [9.17, 15) is 0 Å². The molecule has 2 aromatic carbocycles. The van der Waals surface area contributed by atoms with Crippen LogP contribution in [-0.4, -0.2) is 0 Å². The minimum atomic E-state index is 0.506. The predicted octanol–water partition coefficient (Wildman–Crippen LogP) is 4.85. The molecule has 0 aliphatic heterocycles. The van der Waals surface area contributed by atoms with Crippen molar-refractivity contribution in [3.63, 3.8) is 0 Å². The van der Waals surface area contributed by atoms with Gasteiger partial charge in [-0.15, -0.1) is 0 Å². The van der Waals surface area contributed by atoms with E-state index in [1.54, 1.807) is 0 Å². The van der Waals surface area contributed by atoms with Crippen molar-refractivity contribution in [1.82, 2.24) is 5.32 Å². The molecular formula is C20H25N. The molecular weight excluding hydrogens is 254 g/mol. The van der Waals surface area contributed by atoms with Gasteiger partial charge in [-0.05, 0) is 61.8 Å². The van der Waals surface area contributed by atoms with Crippen LogP contribution < -0.4 is 5.32 Å². The largest absolute Gasteiger partial charge is 0.306 e. The van der Waals surface area contributed by atoms with Gasteiger partial charge in [-0.25, -0.2) is 0 Å². The predicted molar refractivity (Wildman–Crippen MR) is 89.4 cm³/mol. The Hall–Kier alpha value is -1.60. The van der Waals surface area contributed by atoms with Gasteiger partial charge in [0.05, 0.1) is 0 Å². The zero-order valence-corrected chi connectivity index (χ0v) is 13.3. The molecule has 1 heteroatoms. The summed E-state index contributed by atoms with van der Waals surface area (Å²) in [5.41, 5.74) is 7.06. The lowest BCUT2D eigenvalue weighted by molar-refractivity contribution is 0.479. The van der Waals surface area contributed by atoms with E-state index in [2.05, 4.69) is 68.6 Å². The van der Waals surface area contributed by atoms with Gasteiger partial charge in [-0.1, -0.05) is 48.0 Å². The standard InChI is InChI=1S/C20H25N/c1-14-11-15(2)19(16(3)12-14)13-21-20(18-9-10-18)17-7-5-4-6-8-17/h4-8,11-12,18,20-21H,9-10,13H2,1-3H3. The summed E-state index contributed by atoms with van der Waals surface area (Å²) in [6, 6.07) is 16.0. The molecule has 1 nitrogen and oxygen atoms in total. The van der Waals surface area contributed by atoms with Crippen molar-refractivity contribution in [3.05, 3.63) is 70.3 Å². The van der Waals surface area contributed by atoms with Gasteiger partial charge in [-0.2, -0.15) is 0 Å². The van der Waals surface area contributed by atoms with E-state index in [0.717, 1.165) is 12.5 Å². The first-order chi connectivity index (χ1) is 10.1. The van der Waals surface area contributed by atoms with Gasteiger partial charge in [-0.3, -0.25) is 0 Å². The summed E-state index contributed by atoms with van der Waals surface area (Å²) in [6.45, 7) is 7.60. The Balaban J connectivity index is 1.76. The first-order valence-electron chi connectivity index (χ1n) is 8.00. The molecule has 1 unspecified atom stereocenters. The van der Waals surface area contributed by atoms with Crippen LogP contribution in [0.15, 0.2) is 42.5 Å². The van der Waals surface area contributed by atoms with E-state index in [0.29, 0.717) is 6.04 Å². The highest BCUT2D eigenvalue weighted by atomic mass is 14.9. The Morgan fingerprint density at radius 1 is 1.00 bits per heavy atom. The third-order valence-electron chi connectivity index (χ3n) is 4.59. The smallest absolute Gasteiger partial charge is 0.0351 e. The molecule has 0 radical (unpaired) electrons. The van der Waals surface area contributed by atoms with Crippen LogP contribution in [0, 0.1) is 26.7 Å². The van der Waals surface area contributed by atoms with Crippen LogP contribution in [-0.2, 0) is 6.54 Å². The summed E-state index contributed by atoms with van der Waals surface area (Å²) in [6.07, 6.45) is 2.72. The lowest BCUT2D eigenvalue weighted by Crippen LogP contribution is -2.23.